The van der Waals surface area contributed by atoms with E-state index in [-0.39, 0.29) is 0 Å². The molecule has 10 heavy (non-hydrogen) atoms. The lowest BCUT2D eigenvalue weighted by Crippen LogP contribution is -1.85. The molecule has 0 atom stereocenters. The van der Waals surface area contributed by atoms with Crippen LogP contribution in [-0.2, 0) is 0 Å². The Labute approximate surface area is 65.1 Å². The van der Waals surface area contributed by atoms with Gasteiger partial charge in [0.25, 0.3) is 0 Å². The summed E-state index contributed by atoms with van der Waals surface area (Å²) in [5, 5.41) is 0.589. The zero-order valence-electron chi connectivity index (χ0n) is 5.47. The maximum Gasteiger partial charge on any atom is 0.0635 e. The van der Waals surface area contributed by atoms with E-state index >= 15 is 0 Å². The molecular weight excluding hydrogens is 146 g/mol. The summed E-state index contributed by atoms with van der Waals surface area (Å²) in [5.74, 6) is 0. The van der Waals surface area contributed by atoms with Crippen LogP contribution < -0.4 is 5.73 Å². The van der Waals surface area contributed by atoms with Crippen LogP contribution in [0.2, 0.25) is 5.02 Å². The van der Waals surface area contributed by atoms with Crippen molar-refractivity contribution in [2.45, 2.75) is 0 Å². The SMILES string of the molecule is C=Cc1ccc(Cl)c(N)c1. The van der Waals surface area contributed by atoms with Crippen LogP contribution in [0.1, 0.15) is 5.56 Å². The van der Waals surface area contributed by atoms with E-state index in [0.29, 0.717) is 10.7 Å². The van der Waals surface area contributed by atoms with E-state index in [9.17, 15) is 0 Å². The van der Waals surface area contributed by atoms with Crippen LogP contribution in [0.25, 0.3) is 6.08 Å². The van der Waals surface area contributed by atoms with Gasteiger partial charge in [-0.25, -0.2) is 0 Å². The predicted molar refractivity (Wildman–Crippen MR) is 46.0 cm³/mol. The first-order valence-corrected chi connectivity index (χ1v) is 3.29. The zero-order chi connectivity index (χ0) is 7.56. The number of halogens is 1. The first kappa shape index (κ1) is 7.16. The quantitative estimate of drug-likeness (QED) is 0.617. The Balaban J connectivity index is 3.16. The third kappa shape index (κ3) is 1.31. The summed E-state index contributed by atoms with van der Waals surface area (Å²) in [5.41, 5.74) is 7.10. The Bertz CT molecular complexity index is 255. The van der Waals surface area contributed by atoms with Crippen molar-refractivity contribution in [1.82, 2.24) is 0 Å². The topological polar surface area (TPSA) is 26.0 Å². The van der Waals surface area contributed by atoms with Crippen molar-refractivity contribution in [1.29, 1.82) is 0 Å². The van der Waals surface area contributed by atoms with Gasteiger partial charge in [-0.3, -0.25) is 0 Å². The van der Waals surface area contributed by atoms with Crippen molar-refractivity contribution in [2.75, 3.05) is 5.73 Å². The number of benzene rings is 1. The van der Waals surface area contributed by atoms with E-state index < -0.39 is 0 Å². The number of nitrogen functional groups attached to an aromatic ring is 1. The molecule has 0 unspecified atom stereocenters. The molecule has 0 aliphatic carbocycles. The van der Waals surface area contributed by atoms with Crippen LogP contribution in [-0.4, -0.2) is 0 Å². The Morgan fingerprint density at radius 1 is 1.50 bits per heavy atom. The zero-order valence-corrected chi connectivity index (χ0v) is 6.23. The Hall–Kier alpha value is -0.950. The minimum absolute atomic E-state index is 0.589. The van der Waals surface area contributed by atoms with Gasteiger partial charge >= 0.3 is 0 Å². The molecule has 0 bridgehead atoms. The third-order valence-electron chi connectivity index (χ3n) is 1.26. The highest BCUT2D eigenvalue weighted by molar-refractivity contribution is 6.33. The lowest BCUT2D eigenvalue weighted by atomic mass is 10.2. The van der Waals surface area contributed by atoms with Gasteiger partial charge in [0.15, 0.2) is 0 Å². The van der Waals surface area contributed by atoms with Crippen molar-refractivity contribution in [3.05, 3.63) is 35.4 Å². The van der Waals surface area contributed by atoms with E-state index in [1.54, 1.807) is 18.2 Å². The van der Waals surface area contributed by atoms with E-state index in [1.807, 2.05) is 6.07 Å². The van der Waals surface area contributed by atoms with Gasteiger partial charge in [0, 0.05) is 0 Å². The predicted octanol–water partition coefficient (Wildman–Crippen LogP) is 2.57. The van der Waals surface area contributed by atoms with Crippen molar-refractivity contribution < 1.29 is 0 Å². The normalized spacial score (nSPS) is 9.30. The van der Waals surface area contributed by atoms with Gasteiger partial charge in [-0.2, -0.15) is 0 Å². The van der Waals surface area contributed by atoms with Crippen LogP contribution in [0.5, 0.6) is 0 Å². The summed E-state index contributed by atoms with van der Waals surface area (Å²) in [6.07, 6.45) is 1.73. The first-order valence-electron chi connectivity index (χ1n) is 2.91. The highest BCUT2D eigenvalue weighted by atomic mass is 35.5. The second kappa shape index (κ2) is 2.76. The standard InChI is InChI=1S/C8H8ClN/c1-2-6-3-4-7(9)8(10)5-6/h2-5H,1,10H2. The number of anilines is 1. The molecule has 0 saturated heterocycles. The minimum Gasteiger partial charge on any atom is -0.398 e. The molecule has 0 heterocycles. The van der Waals surface area contributed by atoms with E-state index in [2.05, 4.69) is 6.58 Å². The molecular formula is C8H8ClN. The van der Waals surface area contributed by atoms with Gasteiger partial charge in [-0.1, -0.05) is 30.3 Å². The maximum absolute atomic E-state index is 5.68. The number of nitrogens with two attached hydrogens (primary N) is 1. The average Bonchev–Trinajstić information content (AvgIpc) is 1.95. The third-order valence-corrected chi connectivity index (χ3v) is 1.60. The van der Waals surface area contributed by atoms with Crippen LogP contribution in [0.4, 0.5) is 5.69 Å². The Morgan fingerprint density at radius 2 is 2.20 bits per heavy atom. The molecule has 0 radical (unpaired) electrons. The van der Waals surface area contributed by atoms with Crippen LogP contribution >= 0.6 is 11.6 Å². The first-order chi connectivity index (χ1) is 4.74. The van der Waals surface area contributed by atoms with Gasteiger partial charge in [-0.15, -0.1) is 0 Å². The molecule has 1 aromatic carbocycles. The summed E-state index contributed by atoms with van der Waals surface area (Å²) in [6, 6.07) is 5.41. The molecule has 1 rings (SSSR count). The van der Waals surface area contributed by atoms with E-state index in [0.717, 1.165) is 5.56 Å². The number of hydrogen-bond acceptors (Lipinski definition) is 1. The molecule has 0 spiro atoms. The minimum atomic E-state index is 0.589. The fourth-order valence-corrected chi connectivity index (χ4v) is 0.807. The smallest absolute Gasteiger partial charge is 0.0635 e. The molecule has 2 N–H and O–H groups in total. The molecule has 52 valence electrons. The fraction of sp³-hybridized carbons (Fsp3) is 0. The molecule has 1 aromatic rings. The van der Waals surface area contributed by atoms with Crippen LogP contribution in [0.15, 0.2) is 24.8 Å². The number of rotatable bonds is 1. The van der Waals surface area contributed by atoms with Crippen molar-refractivity contribution in [3.8, 4) is 0 Å². The van der Waals surface area contributed by atoms with E-state index in [1.165, 1.54) is 0 Å². The van der Waals surface area contributed by atoms with Gasteiger partial charge in [0.1, 0.15) is 0 Å². The molecule has 0 saturated carbocycles. The second-order valence-corrected chi connectivity index (χ2v) is 2.39. The summed E-state index contributed by atoms with van der Waals surface area (Å²) in [7, 11) is 0. The largest absolute Gasteiger partial charge is 0.398 e. The highest BCUT2D eigenvalue weighted by Gasteiger charge is 1.93. The van der Waals surface area contributed by atoms with E-state index in [4.69, 9.17) is 17.3 Å². The number of hydrogen-bond donors (Lipinski definition) is 1. The molecule has 0 aliphatic rings. The molecule has 0 fully saturated rings. The average molecular weight is 154 g/mol. The lowest BCUT2D eigenvalue weighted by molar-refractivity contribution is 1.64. The summed E-state index contributed by atoms with van der Waals surface area (Å²) in [6.45, 7) is 3.60. The maximum atomic E-state index is 5.68. The molecule has 0 amide bonds. The Morgan fingerprint density at radius 3 is 2.70 bits per heavy atom. The van der Waals surface area contributed by atoms with Gasteiger partial charge in [-0.05, 0) is 17.7 Å². The monoisotopic (exact) mass is 153 g/mol. The highest BCUT2D eigenvalue weighted by Crippen LogP contribution is 2.19. The molecule has 0 aromatic heterocycles. The van der Waals surface area contributed by atoms with Crippen molar-refractivity contribution in [3.63, 3.8) is 0 Å². The van der Waals surface area contributed by atoms with Gasteiger partial charge in [0.05, 0.1) is 10.7 Å². The lowest BCUT2D eigenvalue weighted by Gasteiger charge is -1.97. The van der Waals surface area contributed by atoms with Gasteiger partial charge in [0.2, 0.25) is 0 Å². The van der Waals surface area contributed by atoms with Gasteiger partial charge < -0.3 is 5.73 Å². The second-order valence-electron chi connectivity index (χ2n) is 1.99. The Kier molecular flexibility index (Phi) is 1.97. The molecule has 2 heteroatoms. The fourth-order valence-electron chi connectivity index (χ4n) is 0.689. The van der Waals surface area contributed by atoms with Crippen molar-refractivity contribution >= 4 is 23.4 Å². The summed E-state index contributed by atoms with van der Waals surface area (Å²) < 4.78 is 0. The van der Waals surface area contributed by atoms with Crippen LogP contribution in [0, 0.1) is 0 Å². The molecule has 0 aliphatic heterocycles. The van der Waals surface area contributed by atoms with Crippen molar-refractivity contribution in [2.24, 2.45) is 0 Å². The van der Waals surface area contributed by atoms with Crippen LogP contribution in [0.3, 0.4) is 0 Å². The summed E-state index contributed by atoms with van der Waals surface area (Å²) in [4.78, 5) is 0. The summed E-state index contributed by atoms with van der Waals surface area (Å²) >= 11 is 5.68. The molecule has 1 nitrogen and oxygen atoms in total.